The summed E-state index contributed by atoms with van der Waals surface area (Å²) in [5.74, 6) is -4.04. The van der Waals surface area contributed by atoms with Gasteiger partial charge in [0.2, 0.25) is 5.91 Å². The smallest absolute Gasteiger partial charge is 0.366 e. The molecule has 220 valence electrons. The maximum Gasteiger partial charge on any atom is 0.435 e. The number of benzene rings is 2. The highest BCUT2D eigenvalue weighted by molar-refractivity contribution is 5.94. The van der Waals surface area contributed by atoms with Crippen LogP contribution < -0.4 is 11.1 Å². The van der Waals surface area contributed by atoms with Gasteiger partial charge >= 0.3 is 6.18 Å². The minimum absolute atomic E-state index is 0.0252. The standard InChI is InChI=1S/C30H21F6N5O2/c31-14-6-12(7-15(32)10-14)8-19(26-16(2-1-5-38-26)13-3-4-18(33)17(9-13)29(37)43)39-20(42)11-41-27-24-21-22(24)23(21)25(27)28(40-41)30(34,35)36/h1-7,9-10,19,21-24H,8,11H2,(H2,37,43)(H,39,42). The van der Waals surface area contributed by atoms with Gasteiger partial charge in [-0.1, -0.05) is 12.1 Å². The number of carbonyl (C=O) groups is 2. The fraction of sp³-hybridized carbons (Fsp3) is 0.267. The van der Waals surface area contributed by atoms with Crippen molar-refractivity contribution in [3.05, 3.63) is 106 Å². The van der Waals surface area contributed by atoms with Crippen molar-refractivity contribution >= 4 is 11.8 Å². The number of pyridine rings is 1. The molecule has 4 aliphatic carbocycles. The zero-order valence-electron chi connectivity index (χ0n) is 22.0. The van der Waals surface area contributed by atoms with Crippen molar-refractivity contribution in [2.24, 2.45) is 17.6 Å². The second-order valence-corrected chi connectivity index (χ2v) is 11.1. The van der Waals surface area contributed by atoms with Crippen LogP contribution in [-0.4, -0.2) is 26.6 Å². The van der Waals surface area contributed by atoms with Crippen LogP contribution in [0.2, 0.25) is 0 Å². The summed E-state index contributed by atoms with van der Waals surface area (Å²) in [6, 6.07) is 8.62. The molecular weight excluding hydrogens is 576 g/mol. The molecule has 43 heavy (non-hydrogen) atoms. The van der Waals surface area contributed by atoms with Crippen LogP contribution in [0.15, 0.2) is 54.7 Å². The quantitative estimate of drug-likeness (QED) is 0.279. The van der Waals surface area contributed by atoms with Crippen molar-refractivity contribution in [2.75, 3.05) is 0 Å². The Bertz CT molecular complexity index is 1810. The molecule has 2 aromatic heterocycles. The first-order chi connectivity index (χ1) is 20.4. The van der Waals surface area contributed by atoms with E-state index in [0.29, 0.717) is 22.9 Å². The van der Waals surface area contributed by atoms with Gasteiger partial charge in [-0.15, -0.1) is 0 Å². The molecule has 0 saturated heterocycles. The van der Waals surface area contributed by atoms with Gasteiger partial charge in [-0.25, -0.2) is 13.2 Å². The largest absolute Gasteiger partial charge is 0.435 e. The van der Waals surface area contributed by atoms with E-state index < -0.39 is 53.7 Å². The summed E-state index contributed by atoms with van der Waals surface area (Å²) in [5, 5.41) is 6.51. The summed E-state index contributed by atoms with van der Waals surface area (Å²) < 4.78 is 84.7. The fourth-order valence-electron chi connectivity index (χ4n) is 6.65. The molecule has 13 heteroatoms. The Morgan fingerprint density at radius 2 is 1.72 bits per heavy atom. The molecule has 3 unspecified atom stereocenters. The Hall–Kier alpha value is -4.68. The highest BCUT2D eigenvalue weighted by Crippen LogP contribution is 2.88. The third-order valence-corrected chi connectivity index (χ3v) is 8.47. The molecule has 3 N–H and O–H groups in total. The summed E-state index contributed by atoms with van der Waals surface area (Å²) in [4.78, 5) is 29.6. The number of nitrogens with zero attached hydrogens (tertiary/aromatic N) is 3. The van der Waals surface area contributed by atoms with Crippen molar-refractivity contribution in [2.45, 2.75) is 37.0 Å². The van der Waals surface area contributed by atoms with Crippen LogP contribution in [0.1, 0.15) is 56.4 Å². The normalized spacial score (nSPS) is 21.6. The molecule has 0 aliphatic heterocycles. The summed E-state index contributed by atoms with van der Waals surface area (Å²) in [7, 11) is 0. The van der Waals surface area contributed by atoms with Gasteiger partial charge in [0.25, 0.3) is 5.91 Å². The highest BCUT2D eigenvalue weighted by atomic mass is 19.4. The number of carbonyl (C=O) groups excluding carboxylic acids is 2. The number of nitrogens with two attached hydrogens (primary N) is 1. The number of alkyl halides is 3. The minimum atomic E-state index is -4.66. The summed E-state index contributed by atoms with van der Waals surface area (Å²) in [6.45, 7) is -0.514. The molecule has 2 fully saturated rings. The van der Waals surface area contributed by atoms with Crippen LogP contribution in [0.25, 0.3) is 11.1 Å². The Labute approximate surface area is 239 Å². The maximum atomic E-state index is 14.2. The van der Waals surface area contributed by atoms with Gasteiger partial charge in [0.1, 0.15) is 24.0 Å². The lowest BCUT2D eigenvalue weighted by molar-refractivity contribution is -0.142. The van der Waals surface area contributed by atoms with Gasteiger partial charge in [0.05, 0.1) is 17.3 Å². The minimum Gasteiger partial charge on any atom is -0.366 e. The van der Waals surface area contributed by atoms with Gasteiger partial charge in [-0.2, -0.15) is 18.3 Å². The molecule has 4 aliphatic rings. The van der Waals surface area contributed by atoms with Gasteiger partial charge < -0.3 is 11.1 Å². The van der Waals surface area contributed by atoms with E-state index in [2.05, 4.69) is 15.4 Å². The molecule has 3 atom stereocenters. The first kappa shape index (κ1) is 27.2. The molecule has 2 heterocycles. The molecule has 2 bridgehead atoms. The first-order valence-electron chi connectivity index (χ1n) is 13.4. The van der Waals surface area contributed by atoms with Crippen molar-refractivity contribution in [3.8, 4) is 11.1 Å². The molecule has 2 amide bonds. The Balaban J connectivity index is 1.24. The molecule has 2 aromatic carbocycles. The first-order valence-corrected chi connectivity index (χ1v) is 13.4. The van der Waals surface area contributed by atoms with E-state index in [9.17, 15) is 35.9 Å². The number of hydrogen-bond donors (Lipinski definition) is 2. The monoisotopic (exact) mass is 597 g/mol. The third-order valence-electron chi connectivity index (χ3n) is 8.47. The molecular formula is C30H21F6N5O2. The van der Waals surface area contributed by atoms with E-state index in [1.165, 1.54) is 18.3 Å². The number of hydrogen-bond acceptors (Lipinski definition) is 4. The SMILES string of the molecule is NC(=O)c1cc(-c2cccnc2C(Cc2cc(F)cc(F)c2)NC(=O)Cn2nc(C(F)(F)F)c3c2C2C4C3C24)ccc1F. The van der Waals surface area contributed by atoms with Crippen LogP contribution in [-0.2, 0) is 23.9 Å². The van der Waals surface area contributed by atoms with E-state index in [-0.39, 0.29) is 52.5 Å². The second kappa shape index (κ2) is 9.41. The summed E-state index contributed by atoms with van der Waals surface area (Å²) >= 11 is 0. The predicted octanol–water partition coefficient (Wildman–Crippen LogP) is 5.02. The van der Waals surface area contributed by atoms with Crippen LogP contribution in [0.3, 0.4) is 0 Å². The van der Waals surface area contributed by atoms with Gasteiger partial charge in [0, 0.05) is 35.0 Å². The van der Waals surface area contributed by atoms with Crippen molar-refractivity contribution in [3.63, 3.8) is 0 Å². The van der Waals surface area contributed by atoms with E-state index in [4.69, 9.17) is 5.73 Å². The number of primary amides is 1. The molecule has 4 aromatic rings. The van der Waals surface area contributed by atoms with Crippen LogP contribution in [0.5, 0.6) is 0 Å². The lowest BCUT2D eigenvalue weighted by Crippen LogP contribution is -2.34. The Kier molecular flexibility index (Phi) is 5.95. The van der Waals surface area contributed by atoms with E-state index >= 15 is 0 Å². The number of aromatic nitrogens is 3. The van der Waals surface area contributed by atoms with E-state index in [0.717, 1.165) is 22.9 Å². The zero-order valence-corrected chi connectivity index (χ0v) is 22.0. The summed E-state index contributed by atoms with van der Waals surface area (Å²) in [5.41, 5.74) is 5.64. The van der Waals surface area contributed by atoms with Crippen molar-refractivity contribution < 1.29 is 35.9 Å². The summed E-state index contributed by atoms with van der Waals surface area (Å²) in [6.07, 6.45) is -3.41. The molecule has 8 rings (SSSR count). The van der Waals surface area contributed by atoms with E-state index in [1.54, 1.807) is 12.1 Å². The van der Waals surface area contributed by atoms with Gasteiger partial charge in [-0.05, 0) is 65.6 Å². The average molecular weight is 598 g/mol. The van der Waals surface area contributed by atoms with Crippen LogP contribution in [0.4, 0.5) is 26.3 Å². The van der Waals surface area contributed by atoms with Crippen molar-refractivity contribution in [1.82, 2.24) is 20.1 Å². The van der Waals surface area contributed by atoms with E-state index in [1.807, 2.05) is 0 Å². The number of halogens is 6. The third kappa shape index (κ3) is 4.54. The zero-order chi connectivity index (χ0) is 30.4. The fourth-order valence-corrected chi connectivity index (χ4v) is 6.65. The lowest BCUT2D eigenvalue weighted by atomic mass is 9.94. The highest BCUT2D eigenvalue weighted by Gasteiger charge is 2.82. The molecule has 7 nitrogen and oxygen atoms in total. The second-order valence-electron chi connectivity index (χ2n) is 11.1. The number of nitrogens with one attached hydrogen (secondary N) is 1. The topological polar surface area (TPSA) is 103 Å². The molecule has 0 spiro atoms. The van der Waals surface area contributed by atoms with Crippen LogP contribution in [0, 0.1) is 29.3 Å². The Morgan fingerprint density at radius 3 is 2.40 bits per heavy atom. The maximum absolute atomic E-state index is 14.2. The Morgan fingerprint density at radius 1 is 1.00 bits per heavy atom. The number of rotatable bonds is 8. The molecule has 2 saturated carbocycles. The number of amides is 2. The van der Waals surface area contributed by atoms with Gasteiger partial charge in [-0.3, -0.25) is 19.3 Å². The molecule has 0 radical (unpaired) electrons. The predicted molar refractivity (Wildman–Crippen MR) is 139 cm³/mol. The van der Waals surface area contributed by atoms with Crippen LogP contribution >= 0.6 is 0 Å². The lowest BCUT2D eigenvalue weighted by Gasteiger charge is -2.22. The van der Waals surface area contributed by atoms with Gasteiger partial charge in [0.15, 0.2) is 5.69 Å². The average Bonchev–Trinajstić information content (AvgIpc) is 3.69. The van der Waals surface area contributed by atoms with Crippen molar-refractivity contribution in [1.29, 1.82) is 0 Å².